The largest absolute Gasteiger partial charge is 0.377 e. The predicted octanol–water partition coefficient (Wildman–Crippen LogP) is 3.03. The Hall–Kier alpha value is -3.27. The summed E-state index contributed by atoms with van der Waals surface area (Å²) in [5.74, 6) is -1.28. The monoisotopic (exact) mass is 457 g/mol. The van der Waals surface area contributed by atoms with Crippen LogP contribution in [0.25, 0.3) is 5.57 Å². The zero-order valence-electron chi connectivity index (χ0n) is 18.2. The molecule has 2 aromatic rings. The van der Waals surface area contributed by atoms with E-state index in [-0.39, 0.29) is 18.1 Å². The van der Waals surface area contributed by atoms with Crippen molar-refractivity contribution in [2.45, 2.75) is 32.0 Å². The second-order valence-electron chi connectivity index (χ2n) is 8.66. The Morgan fingerprint density at radius 1 is 1.30 bits per heavy atom. The van der Waals surface area contributed by atoms with Gasteiger partial charge in [-0.25, -0.2) is 13.6 Å². The molecule has 2 bridgehead atoms. The van der Waals surface area contributed by atoms with E-state index in [0.717, 1.165) is 38.7 Å². The molecule has 2 saturated heterocycles. The van der Waals surface area contributed by atoms with Crippen LogP contribution in [-0.4, -0.2) is 64.4 Å². The van der Waals surface area contributed by atoms with Gasteiger partial charge in [-0.1, -0.05) is 6.08 Å². The quantitative estimate of drug-likeness (QED) is 0.716. The van der Waals surface area contributed by atoms with Crippen molar-refractivity contribution in [3.8, 4) is 0 Å². The second-order valence-corrected chi connectivity index (χ2v) is 8.66. The van der Waals surface area contributed by atoms with Gasteiger partial charge in [0.05, 0.1) is 43.7 Å². The molecule has 1 aliphatic carbocycles. The van der Waals surface area contributed by atoms with E-state index in [1.165, 1.54) is 22.1 Å². The lowest BCUT2D eigenvalue weighted by molar-refractivity contribution is -0.118. The van der Waals surface area contributed by atoms with E-state index >= 15 is 0 Å². The summed E-state index contributed by atoms with van der Waals surface area (Å²) in [7, 11) is 0. The normalized spacial score (nSPS) is 23.4. The van der Waals surface area contributed by atoms with Gasteiger partial charge in [-0.3, -0.25) is 9.48 Å². The standard InChI is InChI=1S/C13H15N3O2.C10H10F2N2O/c17-8-15-4-9-1-11(15)2-13(9)10-3-14-16(5-10)12-6-18-7-12;1-2-14-5-6-8(13-10(14)15)4-3-7(11)9(6)12/h2-3,5,8-9,11-12H,1,4,6-7H2;3-4H,2,5H2,1H3,(H,13,15). The number of fused-ring (bicyclic) bond motifs is 3. The molecule has 174 valence electrons. The fraction of sp³-hybridized carbons (Fsp3) is 0.435. The van der Waals surface area contributed by atoms with E-state index in [1.54, 1.807) is 6.92 Å². The summed E-state index contributed by atoms with van der Waals surface area (Å²) in [5, 5.41) is 6.93. The van der Waals surface area contributed by atoms with Gasteiger partial charge in [0, 0.05) is 36.3 Å². The van der Waals surface area contributed by atoms with Gasteiger partial charge in [0.2, 0.25) is 6.41 Å². The van der Waals surface area contributed by atoms with Crippen LogP contribution in [0.3, 0.4) is 0 Å². The van der Waals surface area contributed by atoms with E-state index in [4.69, 9.17) is 4.74 Å². The highest BCUT2D eigenvalue weighted by molar-refractivity contribution is 5.92. The highest BCUT2D eigenvalue weighted by Gasteiger charge is 2.39. The smallest absolute Gasteiger partial charge is 0.322 e. The molecule has 8 nitrogen and oxygen atoms in total. The number of benzene rings is 1. The van der Waals surface area contributed by atoms with Crippen molar-refractivity contribution in [2.75, 3.05) is 31.6 Å². The number of hydrogen-bond donors (Lipinski definition) is 1. The average molecular weight is 457 g/mol. The Bertz CT molecular complexity index is 1110. The maximum absolute atomic E-state index is 13.4. The number of rotatable bonds is 4. The first-order valence-corrected chi connectivity index (χ1v) is 11.1. The molecule has 3 amide bonds. The summed E-state index contributed by atoms with van der Waals surface area (Å²) in [6.45, 7) is 4.75. The number of amides is 3. The molecule has 0 spiro atoms. The minimum Gasteiger partial charge on any atom is -0.377 e. The first-order valence-electron chi connectivity index (χ1n) is 11.1. The van der Waals surface area contributed by atoms with Crippen molar-refractivity contribution in [2.24, 2.45) is 5.92 Å². The van der Waals surface area contributed by atoms with Crippen molar-refractivity contribution in [1.82, 2.24) is 19.6 Å². The first kappa shape index (κ1) is 21.6. The number of likely N-dealkylation sites (tertiary alicyclic amines) is 1. The highest BCUT2D eigenvalue weighted by Crippen LogP contribution is 2.41. The van der Waals surface area contributed by atoms with Crippen LogP contribution in [0.4, 0.5) is 19.3 Å². The van der Waals surface area contributed by atoms with Gasteiger partial charge in [-0.2, -0.15) is 5.10 Å². The molecular formula is C23H25F2N5O3. The molecule has 4 heterocycles. The molecule has 1 aromatic carbocycles. The van der Waals surface area contributed by atoms with Crippen molar-refractivity contribution < 1.29 is 23.1 Å². The highest BCUT2D eigenvalue weighted by atomic mass is 19.2. The molecule has 3 aliphatic heterocycles. The third-order valence-corrected chi connectivity index (χ3v) is 6.72. The van der Waals surface area contributed by atoms with Gasteiger partial charge < -0.3 is 19.9 Å². The number of urea groups is 1. The summed E-state index contributed by atoms with van der Waals surface area (Å²) >= 11 is 0. The minimum atomic E-state index is -0.888. The minimum absolute atomic E-state index is 0.112. The van der Waals surface area contributed by atoms with Gasteiger partial charge in [-0.05, 0) is 31.1 Å². The zero-order chi connectivity index (χ0) is 23.1. The summed E-state index contributed by atoms with van der Waals surface area (Å²) in [5.41, 5.74) is 3.13. The number of hydrogen-bond acceptors (Lipinski definition) is 4. The van der Waals surface area contributed by atoms with E-state index < -0.39 is 11.6 Å². The first-order chi connectivity index (χ1) is 16.0. The summed E-state index contributed by atoms with van der Waals surface area (Å²) in [6.07, 6.45) is 8.32. The zero-order valence-corrected chi connectivity index (χ0v) is 18.2. The fourth-order valence-electron chi connectivity index (χ4n) is 4.72. The van der Waals surface area contributed by atoms with Gasteiger partial charge in [0.25, 0.3) is 0 Å². The van der Waals surface area contributed by atoms with Crippen molar-refractivity contribution in [3.63, 3.8) is 0 Å². The maximum atomic E-state index is 13.4. The number of carbonyl (C=O) groups is 2. The molecule has 0 saturated carbocycles. The number of nitrogens with zero attached hydrogens (tertiary/aromatic N) is 4. The second kappa shape index (κ2) is 8.58. The van der Waals surface area contributed by atoms with Crippen LogP contribution in [0, 0.1) is 17.6 Å². The van der Waals surface area contributed by atoms with Crippen LogP contribution in [0.15, 0.2) is 30.6 Å². The third kappa shape index (κ3) is 3.88. The van der Waals surface area contributed by atoms with Crippen LogP contribution in [0.5, 0.6) is 0 Å². The third-order valence-electron chi connectivity index (χ3n) is 6.72. The van der Waals surface area contributed by atoms with Crippen molar-refractivity contribution in [3.05, 3.63) is 53.4 Å². The predicted molar refractivity (Wildman–Crippen MR) is 116 cm³/mol. The molecular weight excluding hydrogens is 432 g/mol. The van der Waals surface area contributed by atoms with E-state index in [2.05, 4.69) is 22.7 Å². The molecule has 4 aliphatic rings. The van der Waals surface area contributed by atoms with Gasteiger partial charge in [0.1, 0.15) is 0 Å². The van der Waals surface area contributed by atoms with E-state index in [1.807, 2.05) is 15.8 Å². The molecule has 2 fully saturated rings. The number of aromatic nitrogens is 2. The number of anilines is 1. The summed E-state index contributed by atoms with van der Waals surface area (Å²) in [4.78, 5) is 25.5. The van der Waals surface area contributed by atoms with Crippen molar-refractivity contribution >= 4 is 23.7 Å². The van der Waals surface area contributed by atoms with Gasteiger partial charge in [0.15, 0.2) is 11.6 Å². The lowest BCUT2D eigenvalue weighted by atomic mass is 9.98. The van der Waals surface area contributed by atoms with Crippen LogP contribution in [-0.2, 0) is 16.1 Å². The number of nitrogens with one attached hydrogen (secondary N) is 1. The Balaban J connectivity index is 0.000000141. The Kier molecular flexibility index (Phi) is 5.61. The summed E-state index contributed by atoms with van der Waals surface area (Å²) in [6, 6.07) is 2.81. The number of halogens is 2. The molecule has 2 atom stereocenters. The molecule has 1 N–H and O–H groups in total. The molecule has 10 heteroatoms. The number of carbonyl (C=O) groups excluding carboxylic acids is 2. The lowest BCUT2D eigenvalue weighted by Crippen LogP contribution is -2.38. The molecule has 6 rings (SSSR count). The van der Waals surface area contributed by atoms with Gasteiger partial charge in [-0.15, -0.1) is 0 Å². The SMILES string of the molecule is CCN1Cc2c(ccc(F)c2F)NC1=O.O=CN1CC2CC1C=C2c1cnn(C2COC2)c1. The van der Waals surface area contributed by atoms with E-state index in [0.29, 0.717) is 30.2 Å². The maximum Gasteiger partial charge on any atom is 0.322 e. The Morgan fingerprint density at radius 3 is 2.76 bits per heavy atom. The van der Waals surface area contributed by atoms with E-state index in [9.17, 15) is 18.4 Å². The van der Waals surface area contributed by atoms with Crippen LogP contribution < -0.4 is 5.32 Å². The molecule has 2 unspecified atom stereocenters. The topological polar surface area (TPSA) is 79.7 Å². The molecule has 0 radical (unpaired) electrons. The summed E-state index contributed by atoms with van der Waals surface area (Å²) < 4.78 is 33.5. The molecule has 1 aromatic heterocycles. The van der Waals surface area contributed by atoms with Crippen LogP contribution in [0.1, 0.15) is 30.5 Å². The average Bonchev–Trinajstić information content (AvgIpc) is 3.51. The van der Waals surface area contributed by atoms with Crippen molar-refractivity contribution in [1.29, 1.82) is 0 Å². The Labute approximate surface area is 189 Å². The fourth-order valence-corrected chi connectivity index (χ4v) is 4.72. The van der Waals surface area contributed by atoms with Gasteiger partial charge >= 0.3 is 6.03 Å². The van der Waals surface area contributed by atoms with Crippen LogP contribution in [0.2, 0.25) is 0 Å². The van der Waals surface area contributed by atoms with Crippen LogP contribution >= 0.6 is 0 Å². The Morgan fingerprint density at radius 2 is 2.12 bits per heavy atom. The molecule has 33 heavy (non-hydrogen) atoms. The number of ether oxygens (including phenoxy) is 1. The lowest BCUT2D eigenvalue weighted by Gasteiger charge is -2.28.